The molecule has 0 radical (unpaired) electrons. The quantitative estimate of drug-likeness (QED) is 0.782. The SMILES string of the molecule is O=C(c1cc(Cl)c2c(c1)OCCCO2)N1CCCc2ccccc21. The summed E-state index contributed by atoms with van der Waals surface area (Å²) in [4.78, 5) is 14.9. The number of ether oxygens (including phenoxy) is 2. The fraction of sp³-hybridized carbons (Fsp3) is 0.316. The van der Waals surface area contributed by atoms with Gasteiger partial charge in [-0.2, -0.15) is 0 Å². The molecule has 24 heavy (non-hydrogen) atoms. The Bertz CT molecular complexity index is 790. The highest BCUT2D eigenvalue weighted by molar-refractivity contribution is 6.32. The molecule has 0 N–H and O–H groups in total. The molecule has 4 rings (SSSR count). The molecule has 1 amide bonds. The normalized spacial score (nSPS) is 16.3. The van der Waals surface area contributed by atoms with Crippen molar-refractivity contribution in [3.8, 4) is 11.5 Å². The van der Waals surface area contributed by atoms with Crippen LogP contribution in [-0.2, 0) is 6.42 Å². The van der Waals surface area contributed by atoms with E-state index < -0.39 is 0 Å². The van der Waals surface area contributed by atoms with Crippen LogP contribution in [0.2, 0.25) is 5.02 Å². The van der Waals surface area contributed by atoms with E-state index in [0.29, 0.717) is 41.8 Å². The van der Waals surface area contributed by atoms with Crippen LogP contribution in [0, 0.1) is 0 Å². The molecule has 0 bridgehead atoms. The Morgan fingerprint density at radius 3 is 2.83 bits per heavy atom. The molecule has 2 aliphatic heterocycles. The van der Waals surface area contributed by atoms with Crippen molar-refractivity contribution in [3.63, 3.8) is 0 Å². The van der Waals surface area contributed by atoms with Crippen molar-refractivity contribution in [2.45, 2.75) is 19.3 Å². The molecule has 2 aliphatic rings. The highest BCUT2D eigenvalue weighted by Crippen LogP contribution is 2.39. The van der Waals surface area contributed by atoms with Crippen LogP contribution in [0.15, 0.2) is 36.4 Å². The van der Waals surface area contributed by atoms with Gasteiger partial charge in [-0.05, 0) is 36.6 Å². The minimum atomic E-state index is -0.0558. The Hall–Kier alpha value is -2.20. The molecular formula is C19H18ClNO3. The average Bonchev–Trinajstić information content (AvgIpc) is 2.86. The van der Waals surface area contributed by atoms with E-state index in [1.807, 2.05) is 23.1 Å². The van der Waals surface area contributed by atoms with Crippen LogP contribution < -0.4 is 14.4 Å². The van der Waals surface area contributed by atoms with Gasteiger partial charge in [0, 0.05) is 24.2 Å². The van der Waals surface area contributed by atoms with Crippen LogP contribution in [0.25, 0.3) is 0 Å². The lowest BCUT2D eigenvalue weighted by molar-refractivity contribution is 0.0984. The van der Waals surface area contributed by atoms with Gasteiger partial charge in [-0.3, -0.25) is 4.79 Å². The summed E-state index contributed by atoms with van der Waals surface area (Å²) in [5.41, 5.74) is 2.72. The summed E-state index contributed by atoms with van der Waals surface area (Å²) in [5, 5.41) is 0.419. The summed E-state index contributed by atoms with van der Waals surface area (Å²) < 4.78 is 11.3. The number of halogens is 1. The maximum atomic E-state index is 13.1. The molecule has 2 heterocycles. The Kier molecular flexibility index (Phi) is 4.07. The minimum absolute atomic E-state index is 0.0558. The number of nitrogens with zero attached hydrogens (tertiary/aromatic N) is 1. The Morgan fingerprint density at radius 1 is 1.08 bits per heavy atom. The molecule has 0 spiro atoms. The van der Waals surface area contributed by atoms with Gasteiger partial charge in [-0.15, -0.1) is 0 Å². The van der Waals surface area contributed by atoms with Crippen LogP contribution in [0.1, 0.15) is 28.8 Å². The third kappa shape index (κ3) is 2.71. The number of fused-ring (bicyclic) bond motifs is 2. The van der Waals surface area contributed by atoms with Crippen LogP contribution >= 0.6 is 11.6 Å². The molecule has 4 nitrogen and oxygen atoms in total. The van der Waals surface area contributed by atoms with Gasteiger partial charge in [-0.1, -0.05) is 29.8 Å². The highest BCUT2D eigenvalue weighted by Gasteiger charge is 2.25. The van der Waals surface area contributed by atoms with Crippen molar-refractivity contribution in [1.29, 1.82) is 0 Å². The maximum absolute atomic E-state index is 13.1. The predicted molar refractivity (Wildman–Crippen MR) is 93.5 cm³/mol. The van der Waals surface area contributed by atoms with Crippen LogP contribution in [0.5, 0.6) is 11.5 Å². The minimum Gasteiger partial charge on any atom is -0.489 e. The topological polar surface area (TPSA) is 38.8 Å². The Balaban J connectivity index is 1.71. The Labute approximate surface area is 145 Å². The second-order valence-electron chi connectivity index (χ2n) is 6.02. The van der Waals surface area contributed by atoms with E-state index in [0.717, 1.165) is 24.9 Å². The Morgan fingerprint density at radius 2 is 1.92 bits per heavy atom. The third-order valence-corrected chi connectivity index (χ3v) is 4.69. The lowest BCUT2D eigenvalue weighted by atomic mass is 10.0. The summed E-state index contributed by atoms with van der Waals surface area (Å²) in [6.07, 6.45) is 2.76. The molecule has 2 aromatic rings. The average molecular weight is 344 g/mol. The number of amides is 1. The first-order chi connectivity index (χ1) is 11.7. The number of carbonyl (C=O) groups is 1. The molecule has 0 fully saturated rings. The van der Waals surface area contributed by atoms with Gasteiger partial charge in [0.1, 0.15) is 0 Å². The van der Waals surface area contributed by atoms with Gasteiger partial charge < -0.3 is 14.4 Å². The number of rotatable bonds is 1. The lowest BCUT2D eigenvalue weighted by Gasteiger charge is -2.29. The van der Waals surface area contributed by atoms with Crippen molar-refractivity contribution in [2.24, 2.45) is 0 Å². The second kappa shape index (κ2) is 6.36. The number of hydrogen-bond donors (Lipinski definition) is 0. The van der Waals surface area contributed by atoms with Gasteiger partial charge in [0.25, 0.3) is 5.91 Å². The van der Waals surface area contributed by atoms with Crippen LogP contribution in [0.3, 0.4) is 0 Å². The number of aryl methyl sites for hydroxylation is 1. The lowest BCUT2D eigenvalue weighted by Crippen LogP contribution is -2.35. The maximum Gasteiger partial charge on any atom is 0.258 e. The first kappa shape index (κ1) is 15.3. The summed E-state index contributed by atoms with van der Waals surface area (Å²) in [7, 11) is 0. The van der Waals surface area contributed by atoms with Gasteiger partial charge in [0.15, 0.2) is 11.5 Å². The van der Waals surface area contributed by atoms with Gasteiger partial charge in [0.05, 0.1) is 18.2 Å². The summed E-state index contributed by atoms with van der Waals surface area (Å²) in [6, 6.07) is 11.5. The summed E-state index contributed by atoms with van der Waals surface area (Å²) >= 11 is 6.33. The summed E-state index contributed by atoms with van der Waals surface area (Å²) in [5.74, 6) is 1.03. The van der Waals surface area contributed by atoms with E-state index in [4.69, 9.17) is 21.1 Å². The summed E-state index contributed by atoms with van der Waals surface area (Å²) in [6.45, 7) is 1.84. The van der Waals surface area contributed by atoms with Crippen LogP contribution in [-0.4, -0.2) is 25.7 Å². The van der Waals surface area contributed by atoms with Crippen molar-refractivity contribution in [3.05, 3.63) is 52.5 Å². The van der Waals surface area contributed by atoms with E-state index >= 15 is 0 Å². The number of hydrogen-bond acceptors (Lipinski definition) is 3. The highest BCUT2D eigenvalue weighted by atomic mass is 35.5. The van der Waals surface area contributed by atoms with E-state index in [2.05, 4.69) is 6.07 Å². The zero-order valence-corrected chi connectivity index (χ0v) is 14.0. The van der Waals surface area contributed by atoms with Gasteiger partial charge in [0.2, 0.25) is 0 Å². The first-order valence-corrected chi connectivity index (χ1v) is 8.61. The second-order valence-corrected chi connectivity index (χ2v) is 6.43. The van der Waals surface area contributed by atoms with E-state index in [1.165, 1.54) is 5.56 Å². The van der Waals surface area contributed by atoms with Crippen molar-refractivity contribution in [1.82, 2.24) is 0 Å². The molecule has 5 heteroatoms. The molecule has 0 unspecified atom stereocenters. The number of carbonyl (C=O) groups excluding carboxylic acids is 1. The fourth-order valence-corrected chi connectivity index (χ4v) is 3.52. The number of para-hydroxylation sites is 1. The van der Waals surface area contributed by atoms with Crippen LogP contribution in [0.4, 0.5) is 5.69 Å². The third-order valence-electron chi connectivity index (χ3n) is 4.40. The smallest absolute Gasteiger partial charge is 0.258 e. The predicted octanol–water partition coefficient (Wildman–Crippen LogP) is 4.09. The van der Waals surface area contributed by atoms with E-state index in [1.54, 1.807) is 12.1 Å². The molecule has 0 saturated heterocycles. The molecule has 0 saturated carbocycles. The molecule has 0 atom stereocenters. The van der Waals surface area contributed by atoms with Crippen molar-refractivity contribution >= 4 is 23.2 Å². The standard InChI is InChI=1S/C19H18ClNO3/c20-15-11-14(12-17-18(15)24-10-4-9-23-17)19(22)21-8-3-6-13-5-1-2-7-16(13)21/h1-2,5,7,11-12H,3-4,6,8-10H2. The molecule has 0 aliphatic carbocycles. The van der Waals surface area contributed by atoms with E-state index in [-0.39, 0.29) is 5.91 Å². The zero-order chi connectivity index (χ0) is 16.5. The number of anilines is 1. The monoisotopic (exact) mass is 343 g/mol. The van der Waals surface area contributed by atoms with E-state index in [9.17, 15) is 4.79 Å². The van der Waals surface area contributed by atoms with Crippen molar-refractivity contribution in [2.75, 3.05) is 24.7 Å². The van der Waals surface area contributed by atoms with Gasteiger partial charge in [-0.25, -0.2) is 0 Å². The molecule has 2 aromatic carbocycles. The van der Waals surface area contributed by atoms with Crippen molar-refractivity contribution < 1.29 is 14.3 Å². The zero-order valence-electron chi connectivity index (χ0n) is 13.3. The first-order valence-electron chi connectivity index (χ1n) is 8.23. The number of benzene rings is 2. The molecule has 0 aromatic heterocycles. The molecule has 124 valence electrons. The molecular weight excluding hydrogens is 326 g/mol. The largest absolute Gasteiger partial charge is 0.489 e. The fourth-order valence-electron chi connectivity index (χ4n) is 3.25. The van der Waals surface area contributed by atoms with Gasteiger partial charge >= 0.3 is 0 Å².